The maximum absolute atomic E-state index is 12.0. The summed E-state index contributed by atoms with van der Waals surface area (Å²) >= 11 is 0. The fourth-order valence-corrected chi connectivity index (χ4v) is 4.79. The van der Waals surface area contributed by atoms with Gasteiger partial charge >= 0.3 is 0 Å². The van der Waals surface area contributed by atoms with Gasteiger partial charge in [0.2, 0.25) is 0 Å². The minimum Gasteiger partial charge on any atom is -0.493 e. The highest BCUT2D eigenvalue weighted by atomic mass is 16.5. The van der Waals surface area contributed by atoms with Crippen LogP contribution in [0.3, 0.4) is 0 Å². The Labute approximate surface area is 186 Å². The molecule has 0 aliphatic carbocycles. The molecule has 0 bridgehead atoms. The Hall–Kier alpha value is -2.62. The van der Waals surface area contributed by atoms with Crippen molar-refractivity contribution < 1.29 is 9.84 Å². The molecule has 3 nitrogen and oxygen atoms in total. The van der Waals surface area contributed by atoms with E-state index in [-0.39, 0.29) is 5.92 Å². The second-order valence-electron chi connectivity index (χ2n) is 8.58. The third-order valence-electron chi connectivity index (χ3n) is 6.58. The van der Waals surface area contributed by atoms with Gasteiger partial charge in [-0.05, 0) is 68.0 Å². The van der Waals surface area contributed by atoms with Crippen LogP contribution < -0.4 is 4.74 Å². The number of piperidine rings is 1. The van der Waals surface area contributed by atoms with Gasteiger partial charge in [-0.2, -0.15) is 0 Å². The number of rotatable bonds is 8. The first-order valence-electron chi connectivity index (χ1n) is 11.4. The molecule has 162 valence electrons. The molecule has 0 atom stereocenters. The summed E-state index contributed by atoms with van der Waals surface area (Å²) in [6.45, 7) is 5.88. The van der Waals surface area contributed by atoms with Crippen molar-refractivity contribution in [3.8, 4) is 5.75 Å². The largest absolute Gasteiger partial charge is 0.493 e. The van der Waals surface area contributed by atoms with Crippen LogP contribution in [0.1, 0.15) is 36.0 Å². The first kappa shape index (κ1) is 21.6. The summed E-state index contributed by atoms with van der Waals surface area (Å²) in [6.07, 6.45) is 2.98. The molecule has 3 aromatic rings. The second-order valence-corrected chi connectivity index (χ2v) is 8.58. The summed E-state index contributed by atoms with van der Waals surface area (Å²) in [4.78, 5) is 2.51. The van der Waals surface area contributed by atoms with Crippen molar-refractivity contribution in [3.63, 3.8) is 0 Å². The van der Waals surface area contributed by atoms with E-state index in [0.717, 1.165) is 62.4 Å². The smallest absolute Gasteiger partial charge is 0.122 e. The van der Waals surface area contributed by atoms with Crippen LogP contribution in [0.25, 0.3) is 0 Å². The number of ether oxygens (including phenoxy) is 1. The summed E-state index contributed by atoms with van der Waals surface area (Å²) in [5, 5.41) is 12.0. The molecule has 1 fully saturated rings. The van der Waals surface area contributed by atoms with Crippen molar-refractivity contribution in [1.29, 1.82) is 0 Å². The summed E-state index contributed by atoms with van der Waals surface area (Å²) in [5.41, 5.74) is 2.23. The van der Waals surface area contributed by atoms with Gasteiger partial charge < -0.3 is 14.7 Å². The van der Waals surface area contributed by atoms with Gasteiger partial charge in [0.15, 0.2) is 0 Å². The van der Waals surface area contributed by atoms with Crippen LogP contribution in [-0.4, -0.2) is 36.2 Å². The zero-order chi connectivity index (χ0) is 21.5. The average Bonchev–Trinajstić information content (AvgIpc) is 2.84. The van der Waals surface area contributed by atoms with Crippen LogP contribution in [0.2, 0.25) is 0 Å². The first-order chi connectivity index (χ1) is 15.2. The van der Waals surface area contributed by atoms with E-state index >= 15 is 0 Å². The lowest BCUT2D eigenvalue weighted by molar-refractivity contribution is -0.0146. The minimum absolute atomic E-state index is 0.205. The number of benzene rings is 3. The van der Waals surface area contributed by atoms with E-state index in [9.17, 15) is 5.11 Å². The molecule has 0 spiro atoms. The Bertz CT molecular complexity index is 894. The molecule has 0 aromatic heterocycles. The molecule has 31 heavy (non-hydrogen) atoms. The molecule has 0 amide bonds. The number of hydrogen-bond acceptors (Lipinski definition) is 3. The van der Waals surface area contributed by atoms with E-state index in [2.05, 4.69) is 42.2 Å². The summed E-state index contributed by atoms with van der Waals surface area (Å²) in [6, 6.07) is 28.5. The Morgan fingerprint density at radius 2 is 1.39 bits per heavy atom. The van der Waals surface area contributed by atoms with Gasteiger partial charge in [-0.3, -0.25) is 0 Å². The standard InChI is InChI=1S/C28H33NO2/c1-23-11-8-9-16-27(23)31-22-10-19-29-20-17-26(18-21-29)28(30,24-12-4-2-5-13-24)25-14-6-3-7-15-25/h2-9,11-16,26,30H,10,17-22H2,1H3. The molecule has 1 heterocycles. The van der Waals surface area contributed by atoms with Gasteiger partial charge in [-0.1, -0.05) is 78.9 Å². The average molecular weight is 416 g/mol. The lowest BCUT2D eigenvalue weighted by Crippen LogP contribution is -2.44. The molecule has 1 N–H and O–H groups in total. The Morgan fingerprint density at radius 1 is 0.839 bits per heavy atom. The molecular formula is C28H33NO2. The fourth-order valence-electron chi connectivity index (χ4n) is 4.79. The van der Waals surface area contributed by atoms with Crippen molar-refractivity contribution in [2.45, 2.75) is 31.8 Å². The molecule has 0 unspecified atom stereocenters. The number of aliphatic hydroxyl groups is 1. The van der Waals surface area contributed by atoms with Gasteiger partial charge in [0, 0.05) is 6.54 Å². The van der Waals surface area contributed by atoms with Crippen LogP contribution in [0, 0.1) is 12.8 Å². The van der Waals surface area contributed by atoms with E-state index in [1.165, 1.54) is 5.56 Å². The van der Waals surface area contributed by atoms with Gasteiger partial charge in [0.05, 0.1) is 6.61 Å². The highest BCUT2D eigenvalue weighted by Crippen LogP contribution is 2.41. The SMILES string of the molecule is Cc1ccccc1OCCCN1CCC(C(O)(c2ccccc2)c2ccccc2)CC1. The molecular weight excluding hydrogens is 382 g/mol. The fraction of sp³-hybridized carbons (Fsp3) is 0.357. The number of para-hydroxylation sites is 1. The molecule has 3 aromatic carbocycles. The Kier molecular flexibility index (Phi) is 7.06. The predicted octanol–water partition coefficient (Wildman–Crippen LogP) is 5.41. The molecule has 4 rings (SSSR count). The topological polar surface area (TPSA) is 32.7 Å². The molecule has 1 aliphatic rings. The molecule has 0 radical (unpaired) electrons. The number of hydrogen-bond donors (Lipinski definition) is 1. The highest BCUT2D eigenvalue weighted by Gasteiger charge is 2.41. The van der Waals surface area contributed by atoms with E-state index < -0.39 is 5.60 Å². The minimum atomic E-state index is -0.942. The van der Waals surface area contributed by atoms with E-state index in [4.69, 9.17) is 4.74 Å². The van der Waals surface area contributed by atoms with E-state index in [1.807, 2.05) is 54.6 Å². The maximum Gasteiger partial charge on any atom is 0.122 e. The third kappa shape index (κ3) is 5.00. The number of nitrogens with zero attached hydrogens (tertiary/aromatic N) is 1. The van der Waals surface area contributed by atoms with Gasteiger partial charge in [-0.25, -0.2) is 0 Å². The second kappa shape index (κ2) is 10.1. The van der Waals surface area contributed by atoms with Gasteiger partial charge in [0.25, 0.3) is 0 Å². The summed E-state index contributed by atoms with van der Waals surface area (Å²) in [7, 11) is 0. The summed E-state index contributed by atoms with van der Waals surface area (Å²) < 4.78 is 5.95. The first-order valence-corrected chi connectivity index (χ1v) is 11.4. The Balaban J connectivity index is 1.35. The van der Waals surface area contributed by atoms with Crippen molar-refractivity contribution in [2.75, 3.05) is 26.2 Å². The van der Waals surface area contributed by atoms with E-state index in [0.29, 0.717) is 0 Å². The quantitative estimate of drug-likeness (QED) is 0.499. The van der Waals surface area contributed by atoms with Crippen molar-refractivity contribution >= 4 is 0 Å². The van der Waals surface area contributed by atoms with Crippen LogP contribution in [0.15, 0.2) is 84.9 Å². The number of aryl methyl sites for hydroxylation is 1. The van der Waals surface area contributed by atoms with Crippen molar-refractivity contribution in [3.05, 3.63) is 102 Å². The predicted molar refractivity (Wildman–Crippen MR) is 126 cm³/mol. The van der Waals surface area contributed by atoms with Crippen molar-refractivity contribution in [1.82, 2.24) is 4.90 Å². The molecule has 1 saturated heterocycles. The van der Waals surface area contributed by atoms with Crippen LogP contribution >= 0.6 is 0 Å². The number of likely N-dealkylation sites (tertiary alicyclic amines) is 1. The van der Waals surface area contributed by atoms with Gasteiger partial charge in [-0.15, -0.1) is 0 Å². The molecule has 1 aliphatic heterocycles. The normalized spacial score (nSPS) is 15.7. The van der Waals surface area contributed by atoms with Crippen LogP contribution in [0.4, 0.5) is 0 Å². The third-order valence-corrected chi connectivity index (χ3v) is 6.58. The highest BCUT2D eigenvalue weighted by molar-refractivity contribution is 5.37. The van der Waals surface area contributed by atoms with Gasteiger partial charge in [0.1, 0.15) is 11.4 Å². The zero-order valence-corrected chi connectivity index (χ0v) is 18.4. The molecule has 0 saturated carbocycles. The molecule has 3 heteroatoms. The maximum atomic E-state index is 12.0. The van der Waals surface area contributed by atoms with Crippen LogP contribution in [-0.2, 0) is 5.60 Å². The van der Waals surface area contributed by atoms with Crippen molar-refractivity contribution in [2.24, 2.45) is 5.92 Å². The monoisotopic (exact) mass is 415 g/mol. The van der Waals surface area contributed by atoms with E-state index in [1.54, 1.807) is 0 Å². The Morgan fingerprint density at radius 3 is 1.97 bits per heavy atom. The zero-order valence-electron chi connectivity index (χ0n) is 18.4. The lowest BCUT2D eigenvalue weighted by atomic mass is 9.72. The summed E-state index contributed by atoms with van der Waals surface area (Å²) in [5.74, 6) is 1.19. The lowest BCUT2D eigenvalue weighted by Gasteiger charge is -2.42. The van der Waals surface area contributed by atoms with Crippen LogP contribution in [0.5, 0.6) is 5.75 Å².